The van der Waals surface area contributed by atoms with Crippen LogP contribution in [0.3, 0.4) is 0 Å². The van der Waals surface area contributed by atoms with Crippen LogP contribution in [-0.4, -0.2) is 75.9 Å². The molecule has 2 N–H and O–H groups in total. The molecule has 0 radical (unpaired) electrons. The average molecular weight is 962 g/mol. The molecule has 0 atom stereocenters. The van der Waals surface area contributed by atoms with Gasteiger partial charge in [-0.25, -0.2) is 19.6 Å². The van der Waals surface area contributed by atoms with Gasteiger partial charge in [-0.3, -0.25) is 0 Å². The number of carboxylic acids is 2. The van der Waals surface area contributed by atoms with Crippen molar-refractivity contribution in [3.63, 3.8) is 0 Å². The van der Waals surface area contributed by atoms with Crippen molar-refractivity contribution < 1.29 is 62.6 Å². The van der Waals surface area contributed by atoms with E-state index >= 15 is 0 Å². The Bertz CT molecular complexity index is 2570. The molecule has 0 aliphatic carbocycles. The normalized spacial score (nSPS) is 13.1. The second-order valence-corrected chi connectivity index (χ2v) is 16.5. The summed E-state index contributed by atoms with van der Waals surface area (Å²) in [5.41, 5.74) is 1.81. The molecule has 0 amide bonds. The summed E-state index contributed by atoms with van der Waals surface area (Å²) < 4.78 is 82.2. The summed E-state index contributed by atoms with van der Waals surface area (Å²) in [6.45, 7) is 7.15. The monoisotopic (exact) mass is 960 g/mol. The van der Waals surface area contributed by atoms with E-state index in [2.05, 4.69) is 35.3 Å². The number of nitrogens with zero attached hydrogens (tertiary/aromatic N) is 8. The molecule has 330 valence electrons. The van der Waals surface area contributed by atoms with Gasteiger partial charge in [0.25, 0.3) is 0 Å². The number of aromatic nitrogens is 2. The van der Waals surface area contributed by atoms with Gasteiger partial charge in [0.2, 0.25) is 16.3 Å². The number of halogens is 6. The zero-order chi connectivity index (χ0) is 44.1. The van der Waals surface area contributed by atoms with Crippen LogP contribution in [-0.2, 0) is 22.9 Å². The molecule has 1 aliphatic heterocycles. The van der Waals surface area contributed by atoms with E-state index in [0.717, 1.165) is 50.4 Å². The SMILES string of the molecule is CCN(CC)c1ccc(N=Nc2nc3ccccc3s2)c(C(=O)O)c1.CCSc1cccc2nc(N=Nc3cc4c(cc3C(=O)O)N(C(C(F)(F)F)C(F)(F)F)CCC4)sc12.[Ni]. The van der Waals surface area contributed by atoms with Crippen molar-refractivity contribution in [2.75, 3.05) is 35.2 Å². The molecule has 12 nitrogen and oxygen atoms in total. The van der Waals surface area contributed by atoms with E-state index in [0.29, 0.717) is 16.3 Å². The van der Waals surface area contributed by atoms with E-state index in [1.807, 2.05) is 63.2 Å². The fraction of sp³-hybridized carbons (Fsp3) is 0.300. The maximum absolute atomic E-state index is 13.4. The molecule has 0 saturated heterocycles. The largest absolute Gasteiger partial charge is 0.478 e. The third-order valence-corrected chi connectivity index (χ3v) is 12.3. The van der Waals surface area contributed by atoms with Crippen LogP contribution in [0.1, 0.15) is 53.5 Å². The smallest absolute Gasteiger partial charge is 0.417 e. The standard InChI is InChI=1S/C22H18F6N4O2S2.C18H18N4O2S.Ni/c1-2-35-16-7-3-6-13-17(16)36-20(29-13)31-30-14-9-11-5-4-8-32(15(11)10-12(14)18(33)34)19(21(23,24)25)22(26,27)28;1-3-22(4-2)12-9-10-14(13(11-12)17(23)24)20-21-18-19-15-7-5-6-8-16(15)25-18;/h3,6-7,9-10,19H,2,4-5,8H2,1H3,(H,33,34);5-11H,3-4H2,1-2H3,(H,23,24);. The van der Waals surface area contributed by atoms with Crippen molar-refractivity contribution in [3.8, 4) is 0 Å². The fourth-order valence-corrected chi connectivity index (χ4v) is 9.20. The van der Waals surface area contributed by atoms with E-state index in [1.54, 1.807) is 30.0 Å². The molecular weight excluding hydrogens is 925 g/mol. The van der Waals surface area contributed by atoms with Crippen LogP contribution in [0.5, 0.6) is 0 Å². The molecule has 0 bridgehead atoms. The molecular formula is C40H36F6N8NiO4S3. The van der Waals surface area contributed by atoms with E-state index in [-0.39, 0.29) is 56.2 Å². The summed E-state index contributed by atoms with van der Waals surface area (Å²) in [6, 6.07) is 16.7. The number of carbonyl (C=O) groups is 2. The van der Waals surface area contributed by atoms with E-state index in [9.17, 15) is 46.1 Å². The molecule has 22 heteroatoms. The number of alkyl halides is 6. The number of hydrogen-bond donors (Lipinski definition) is 2. The number of anilines is 2. The maximum Gasteiger partial charge on any atom is 0.417 e. The Morgan fingerprint density at radius 2 is 1.40 bits per heavy atom. The second-order valence-electron chi connectivity index (χ2n) is 13.2. The van der Waals surface area contributed by atoms with Gasteiger partial charge in [-0.15, -0.1) is 32.2 Å². The van der Waals surface area contributed by atoms with Gasteiger partial charge in [0, 0.05) is 52.4 Å². The summed E-state index contributed by atoms with van der Waals surface area (Å²) in [4.78, 5) is 35.5. The Balaban J connectivity index is 0.000000245. The number of hydrogen-bond acceptors (Lipinski definition) is 13. The number of azo groups is 2. The van der Waals surface area contributed by atoms with Gasteiger partial charge in [0.05, 0.1) is 31.6 Å². The van der Waals surface area contributed by atoms with Gasteiger partial charge in [-0.1, -0.05) is 47.8 Å². The maximum atomic E-state index is 13.4. The molecule has 2 aromatic heterocycles. The molecule has 0 spiro atoms. The Morgan fingerprint density at radius 3 is 2.03 bits per heavy atom. The summed E-state index contributed by atoms with van der Waals surface area (Å²) in [6.07, 6.45) is -11.0. The Morgan fingerprint density at radius 1 is 0.790 bits per heavy atom. The number of fused-ring (bicyclic) bond motifs is 3. The number of thioether (sulfide) groups is 1. The first-order valence-corrected chi connectivity index (χ1v) is 21.3. The Hall–Kier alpha value is -5.18. The number of para-hydroxylation sites is 1. The van der Waals surface area contributed by atoms with Crippen molar-refractivity contribution in [1.82, 2.24) is 9.97 Å². The first kappa shape index (κ1) is 47.9. The first-order valence-electron chi connectivity index (χ1n) is 18.7. The molecule has 7 rings (SSSR count). The zero-order valence-corrected chi connectivity index (χ0v) is 36.3. The molecule has 0 unspecified atom stereocenters. The third-order valence-electron chi connectivity index (χ3n) is 9.29. The van der Waals surface area contributed by atoms with Gasteiger partial charge in [-0.05, 0) is 92.6 Å². The van der Waals surface area contributed by atoms with Crippen molar-refractivity contribution in [2.45, 2.75) is 56.9 Å². The van der Waals surface area contributed by atoms with Crippen LogP contribution in [0.4, 0.5) is 59.4 Å². The number of aromatic carboxylic acids is 2. The quantitative estimate of drug-likeness (QED) is 0.0527. The van der Waals surface area contributed by atoms with E-state index in [4.69, 9.17) is 0 Å². The Labute approximate surface area is 372 Å². The summed E-state index contributed by atoms with van der Waals surface area (Å²) in [5, 5.41) is 36.1. The molecule has 0 saturated carbocycles. The van der Waals surface area contributed by atoms with Crippen molar-refractivity contribution in [1.29, 1.82) is 0 Å². The molecule has 0 fully saturated rings. The van der Waals surface area contributed by atoms with Gasteiger partial charge in [-0.2, -0.15) is 26.3 Å². The second kappa shape index (κ2) is 20.3. The predicted octanol–water partition coefficient (Wildman–Crippen LogP) is 13.0. The first-order chi connectivity index (χ1) is 29.0. The number of carboxylic acid groups (broad SMARTS) is 2. The molecule has 4 aromatic carbocycles. The van der Waals surface area contributed by atoms with Crippen LogP contribution in [0.25, 0.3) is 20.4 Å². The van der Waals surface area contributed by atoms with Crippen LogP contribution in [0.2, 0.25) is 0 Å². The van der Waals surface area contributed by atoms with Gasteiger partial charge in [0.1, 0.15) is 11.4 Å². The van der Waals surface area contributed by atoms with Gasteiger partial charge >= 0.3 is 24.3 Å². The number of rotatable bonds is 12. The number of benzene rings is 4. The topological polar surface area (TPSA) is 156 Å². The molecule has 6 aromatic rings. The van der Waals surface area contributed by atoms with Gasteiger partial charge < -0.3 is 20.0 Å². The molecule has 1 aliphatic rings. The van der Waals surface area contributed by atoms with Crippen molar-refractivity contribution >= 4 is 99.8 Å². The zero-order valence-electron chi connectivity index (χ0n) is 32.8. The van der Waals surface area contributed by atoms with E-state index < -0.39 is 48.1 Å². The summed E-state index contributed by atoms with van der Waals surface area (Å²) >= 11 is 4.27. The Kier molecular flexibility index (Phi) is 15.7. The summed E-state index contributed by atoms with van der Waals surface area (Å²) in [7, 11) is 0. The minimum atomic E-state index is -5.60. The number of aryl methyl sites for hydroxylation is 1. The molecule has 3 heterocycles. The minimum absolute atomic E-state index is 0. The summed E-state index contributed by atoms with van der Waals surface area (Å²) in [5.74, 6) is -1.74. The predicted molar refractivity (Wildman–Crippen MR) is 226 cm³/mol. The van der Waals surface area contributed by atoms with Crippen molar-refractivity contribution in [3.05, 3.63) is 89.5 Å². The fourth-order valence-electron chi connectivity index (χ4n) is 6.60. The average Bonchev–Trinajstić information content (AvgIpc) is 3.83. The van der Waals surface area contributed by atoms with Crippen LogP contribution in [0, 0.1) is 0 Å². The van der Waals surface area contributed by atoms with Crippen LogP contribution >= 0.6 is 34.4 Å². The van der Waals surface area contributed by atoms with Gasteiger partial charge in [0.15, 0.2) is 0 Å². The molecule has 62 heavy (non-hydrogen) atoms. The van der Waals surface area contributed by atoms with Crippen molar-refractivity contribution in [2.24, 2.45) is 20.5 Å². The number of thiazole rings is 2. The van der Waals surface area contributed by atoms with E-state index in [1.165, 1.54) is 28.7 Å². The van der Waals surface area contributed by atoms with Crippen LogP contribution < -0.4 is 9.80 Å². The van der Waals surface area contributed by atoms with Crippen LogP contribution in [0.15, 0.2) is 98.1 Å². The third kappa shape index (κ3) is 11.1. The minimum Gasteiger partial charge on any atom is -0.478 e.